The summed E-state index contributed by atoms with van der Waals surface area (Å²) in [6.45, 7) is 5.40. The number of imidazole rings is 1. The van der Waals surface area contributed by atoms with Gasteiger partial charge in [-0.3, -0.25) is 0 Å². The molecule has 0 bridgehead atoms. The number of H-pyrrole nitrogens is 1. The van der Waals surface area contributed by atoms with Crippen molar-refractivity contribution in [2.75, 3.05) is 33.2 Å². The van der Waals surface area contributed by atoms with Crippen LogP contribution in [-0.2, 0) is 13.0 Å². The molecule has 5 heteroatoms. The Balaban J connectivity index is 1.36. The fourth-order valence-electron chi connectivity index (χ4n) is 3.54. The van der Waals surface area contributed by atoms with Gasteiger partial charge in [-0.15, -0.1) is 0 Å². The van der Waals surface area contributed by atoms with E-state index in [4.69, 9.17) is 0 Å². The quantitative estimate of drug-likeness (QED) is 0.848. The normalized spacial score (nSPS) is 16.8. The van der Waals surface area contributed by atoms with Gasteiger partial charge in [0.2, 0.25) is 0 Å². The van der Waals surface area contributed by atoms with Crippen molar-refractivity contribution in [3.63, 3.8) is 0 Å². The van der Waals surface area contributed by atoms with E-state index in [2.05, 4.69) is 26.8 Å². The standard InChI is InChI=1S/C19H27FN4/c1-23(14-19-12-21-15-22-19)13-17-6-9-24(10-7-17)8-5-16-3-2-4-18(20)11-16/h2-4,11-12,15,17H,5-10,13-14H2,1H3,(H,21,22). The van der Waals surface area contributed by atoms with Crippen LogP contribution in [-0.4, -0.2) is 53.0 Å². The van der Waals surface area contributed by atoms with Gasteiger partial charge < -0.3 is 14.8 Å². The Morgan fingerprint density at radius 2 is 2.17 bits per heavy atom. The van der Waals surface area contributed by atoms with Gasteiger partial charge in [-0.05, 0) is 63.0 Å². The summed E-state index contributed by atoms with van der Waals surface area (Å²) in [7, 11) is 2.18. The van der Waals surface area contributed by atoms with Gasteiger partial charge in [0.25, 0.3) is 0 Å². The number of nitrogens with one attached hydrogen (secondary N) is 1. The molecule has 1 saturated heterocycles. The van der Waals surface area contributed by atoms with Crippen molar-refractivity contribution < 1.29 is 4.39 Å². The van der Waals surface area contributed by atoms with E-state index in [1.54, 1.807) is 18.5 Å². The lowest BCUT2D eigenvalue weighted by molar-refractivity contribution is 0.153. The topological polar surface area (TPSA) is 35.2 Å². The van der Waals surface area contributed by atoms with Crippen LogP contribution < -0.4 is 0 Å². The minimum atomic E-state index is -0.133. The highest BCUT2D eigenvalue weighted by Crippen LogP contribution is 2.19. The maximum absolute atomic E-state index is 13.2. The molecule has 0 atom stereocenters. The molecular weight excluding hydrogens is 303 g/mol. The molecule has 0 unspecified atom stereocenters. The first-order chi connectivity index (χ1) is 11.7. The molecule has 0 spiro atoms. The van der Waals surface area contributed by atoms with Crippen LogP contribution in [0.15, 0.2) is 36.8 Å². The number of piperidine rings is 1. The molecule has 1 N–H and O–H groups in total. The minimum absolute atomic E-state index is 0.133. The molecule has 1 aliphatic rings. The molecule has 0 aliphatic carbocycles. The fraction of sp³-hybridized carbons (Fsp3) is 0.526. The molecule has 1 fully saturated rings. The van der Waals surface area contributed by atoms with Gasteiger partial charge in [-0.1, -0.05) is 12.1 Å². The summed E-state index contributed by atoms with van der Waals surface area (Å²) in [5.74, 6) is 0.634. The lowest BCUT2D eigenvalue weighted by Gasteiger charge is -2.33. The molecule has 1 aromatic carbocycles. The largest absolute Gasteiger partial charge is 0.347 e. The van der Waals surface area contributed by atoms with Crippen LogP contribution in [0.2, 0.25) is 0 Å². The SMILES string of the molecule is CN(Cc1cnc[nH]1)CC1CCN(CCc2cccc(F)c2)CC1. The summed E-state index contributed by atoms with van der Waals surface area (Å²) in [6, 6.07) is 6.97. The second-order valence-corrected chi connectivity index (χ2v) is 6.94. The molecule has 3 rings (SSSR count). The average Bonchev–Trinajstić information content (AvgIpc) is 3.07. The van der Waals surface area contributed by atoms with E-state index < -0.39 is 0 Å². The summed E-state index contributed by atoms with van der Waals surface area (Å²) in [5.41, 5.74) is 2.27. The molecule has 130 valence electrons. The second kappa shape index (κ2) is 8.40. The number of rotatable bonds is 7. The van der Waals surface area contributed by atoms with Crippen molar-refractivity contribution in [1.29, 1.82) is 0 Å². The summed E-state index contributed by atoms with van der Waals surface area (Å²) in [5, 5.41) is 0. The predicted octanol–water partition coefficient (Wildman–Crippen LogP) is 2.94. The first kappa shape index (κ1) is 17.1. The minimum Gasteiger partial charge on any atom is -0.347 e. The van der Waals surface area contributed by atoms with E-state index in [1.807, 2.05) is 12.3 Å². The Labute approximate surface area is 143 Å². The third kappa shape index (κ3) is 5.14. The number of halogens is 1. The van der Waals surface area contributed by atoms with Crippen molar-refractivity contribution >= 4 is 0 Å². The number of hydrogen-bond donors (Lipinski definition) is 1. The van der Waals surface area contributed by atoms with E-state index in [9.17, 15) is 4.39 Å². The fourth-order valence-corrected chi connectivity index (χ4v) is 3.54. The van der Waals surface area contributed by atoms with Gasteiger partial charge in [0.05, 0.1) is 6.33 Å². The molecule has 0 radical (unpaired) electrons. The van der Waals surface area contributed by atoms with E-state index in [1.165, 1.54) is 24.6 Å². The Morgan fingerprint density at radius 1 is 1.33 bits per heavy atom. The predicted molar refractivity (Wildman–Crippen MR) is 94.2 cm³/mol. The van der Waals surface area contributed by atoms with E-state index in [0.717, 1.165) is 50.6 Å². The van der Waals surface area contributed by atoms with Gasteiger partial charge in [0, 0.05) is 31.5 Å². The van der Waals surface area contributed by atoms with Crippen molar-refractivity contribution in [1.82, 2.24) is 19.8 Å². The maximum atomic E-state index is 13.2. The van der Waals surface area contributed by atoms with Crippen molar-refractivity contribution in [3.05, 3.63) is 53.9 Å². The van der Waals surface area contributed by atoms with Gasteiger partial charge in [-0.25, -0.2) is 9.37 Å². The summed E-state index contributed by atoms with van der Waals surface area (Å²) < 4.78 is 13.2. The Bertz CT molecular complexity index is 606. The highest BCUT2D eigenvalue weighted by atomic mass is 19.1. The van der Waals surface area contributed by atoms with Crippen LogP contribution in [0.3, 0.4) is 0 Å². The molecule has 1 aliphatic heterocycles. The maximum Gasteiger partial charge on any atom is 0.123 e. The molecule has 24 heavy (non-hydrogen) atoms. The number of hydrogen-bond acceptors (Lipinski definition) is 3. The molecule has 0 amide bonds. The van der Waals surface area contributed by atoms with E-state index in [0.29, 0.717) is 0 Å². The van der Waals surface area contributed by atoms with Crippen molar-refractivity contribution in [2.24, 2.45) is 5.92 Å². The molecular formula is C19H27FN4. The number of aromatic amines is 1. The number of nitrogens with zero attached hydrogens (tertiary/aromatic N) is 3. The second-order valence-electron chi connectivity index (χ2n) is 6.94. The third-order valence-electron chi connectivity index (χ3n) is 4.88. The Morgan fingerprint density at radius 3 is 2.88 bits per heavy atom. The Hall–Kier alpha value is -1.72. The Kier molecular flexibility index (Phi) is 5.99. The lowest BCUT2D eigenvalue weighted by Crippen LogP contribution is -2.38. The van der Waals surface area contributed by atoms with Gasteiger partial charge in [0.15, 0.2) is 0 Å². The smallest absolute Gasteiger partial charge is 0.123 e. The summed E-state index contributed by atoms with van der Waals surface area (Å²) in [6.07, 6.45) is 7.06. The van der Waals surface area contributed by atoms with Gasteiger partial charge in [-0.2, -0.15) is 0 Å². The third-order valence-corrected chi connectivity index (χ3v) is 4.88. The molecule has 2 heterocycles. The monoisotopic (exact) mass is 330 g/mol. The molecule has 2 aromatic rings. The zero-order valence-corrected chi connectivity index (χ0v) is 14.4. The van der Waals surface area contributed by atoms with E-state index in [-0.39, 0.29) is 5.82 Å². The molecule has 4 nitrogen and oxygen atoms in total. The first-order valence-corrected chi connectivity index (χ1v) is 8.81. The summed E-state index contributed by atoms with van der Waals surface area (Å²) >= 11 is 0. The van der Waals surface area contributed by atoms with Crippen molar-refractivity contribution in [3.8, 4) is 0 Å². The van der Waals surface area contributed by atoms with Crippen LogP contribution >= 0.6 is 0 Å². The molecule has 0 saturated carbocycles. The van der Waals surface area contributed by atoms with Gasteiger partial charge in [0.1, 0.15) is 5.82 Å². The van der Waals surface area contributed by atoms with E-state index >= 15 is 0 Å². The zero-order valence-electron chi connectivity index (χ0n) is 14.4. The van der Waals surface area contributed by atoms with Crippen molar-refractivity contribution in [2.45, 2.75) is 25.8 Å². The highest BCUT2D eigenvalue weighted by Gasteiger charge is 2.20. The van der Waals surface area contributed by atoms with Crippen LogP contribution in [0.4, 0.5) is 4.39 Å². The number of benzene rings is 1. The van der Waals surface area contributed by atoms with Crippen LogP contribution in [0.1, 0.15) is 24.1 Å². The average molecular weight is 330 g/mol. The zero-order chi connectivity index (χ0) is 16.8. The van der Waals surface area contributed by atoms with Crippen LogP contribution in [0.25, 0.3) is 0 Å². The van der Waals surface area contributed by atoms with Crippen LogP contribution in [0.5, 0.6) is 0 Å². The lowest BCUT2D eigenvalue weighted by atomic mass is 9.96. The summed E-state index contributed by atoms with van der Waals surface area (Å²) in [4.78, 5) is 12.1. The first-order valence-electron chi connectivity index (χ1n) is 8.81. The number of aromatic nitrogens is 2. The number of likely N-dealkylation sites (tertiary alicyclic amines) is 1. The molecule has 1 aromatic heterocycles. The van der Waals surface area contributed by atoms with Crippen LogP contribution in [0, 0.1) is 11.7 Å². The highest BCUT2D eigenvalue weighted by molar-refractivity contribution is 5.16. The van der Waals surface area contributed by atoms with Gasteiger partial charge >= 0.3 is 0 Å².